The molecular formula is C27H30Cl2FN3O3S. The van der Waals surface area contributed by atoms with Gasteiger partial charge in [0.2, 0.25) is 5.91 Å². The monoisotopic (exact) mass is 565 g/mol. The zero-order valence-corrected chi connectivity index (χ0v) is 22.9. The third kappa shape index (κ3) is 6.67. The number of halogens is 3. The van der Waals surface area contributed by atoms with Gasteiger partial charge in [0.25, 0.3) is 0 Å². The molecule has 10 heteroatoms. The van der Waals surface area contributed by atoms with Crippen LogP contribution in [0.5, 0.6) is 5.75 Å². The first-order chi connectivity index (χ1) is 17.8. The van der Waals surface area contributed by atoms with Crippen molar-refractivity contribution in [2.45, 2.75) is 36.8 Å². The Kier molecular flexibility index (Phi) is 9.53. The summed E-state index contributed by atoms with van der Waals surface area (Å²) < 4.78 is 21.0. The third-order valence-corrected chi connectivity index (χ3v) is 8.64. The number of ether oxygens (including phenoxy) is 1. The molecule has 0 aliphatic carbocycles. The van der Waals surface area contributed by atoms with E-state index < -0.39 is 17.5 Å². The van der Waals surface area contributed by atoms with Crippen LogP contribution >= 0.6 is 35.0 Å². The molecule has 198 valence electrons. The molecule has 2 aromatic carbocycles. The summed E-state index contributed by atoms with van der Waals surface area (Å²) in [5, 5.41) is 11.0. The number of rotatable bonds is 10. The molecule has 6 nitrogen and oxygen atoms in total. The van der Waals surface area contributed by atoms with Gasteiger partial charge in [0.1, 0.15) is 11.9 Å². The molecule has 0 saturated carbocycles. The normalized spacial score (nSPS) is 16.5. The van der Waals surface area contributed by atoms with Crippen molar-refractivity contribution in [1.29, 1.82) is 0 Å². The van der Waals surface area contributed by atoms with Crippen molar-refractivity contribution in [3.05, 3.63) is 64.3 Å². The van der Waals surface area contributed by atoms with E-state index in [9.17, 15) is 10.0 Å². The molecular weight excluding hydrogens is 536 g/mol. The highest BCUT2D eigenvalue weighted by Crippen LogP contribution is 2.42. The lowest BCUT2D eigenvalue weighted by molar-refractivity contribution is -0.143. The molecule has 0 bridgehead atoms. The van der Waals surface area contributed by atoms with Gasteiger partial charge in [-0.2, -0.15) is 0 Å². The molecule has 1 fully saturated rings. The van der Waals surface area contributed by atoms with Gasteiger partial charge in [0, 0.05) is 39.4 Å². The Morgan fingerprint density at radius 1 is 1.27 bits per heavy atom. The smallest absolute Gasteiger partial charge is 0.249 e. The minimum atomic E-state index is -1.40. The van der Waals surface area contributed by atoms with Gasteiger partial charge < -0.3 is 9.64 Å². The zero-order chi connectivity index (χ0) is 26.4. The minimum absolute atomic E-state index is 0.0914. The molecule has 3 aromatic rings. The average molecular weight is 567 g/mol. The van der Waals surface area contributed by atoms with E-state index >= 15 is 4.39 Å². The zero-order valence-electron chi connectivity index (χ0n) is 20.6. The molecule has 0 unspecified atom stereocenters. The molecule has 1 amide bonds. The Hall–Kier alpha value is -2.10. The van der Waals surface area contributed by atoms with Crippen LogP contribution in [-0.2, 0) is 4.79 Å². The van der Waals surface area contributed by atoms with E-state index in [-0.39, 0.29) is 17.9 Å². The van der Waals surface area contributed by atoms with Gasteiger partial charge in [-0.1, -0.05) is 29.3 Å². The maximum Gasteiger partial charge on any atom is 0.249 e. The second-order valence-electron chi connectivity index (χ2n) is 9.28. The molecule has 0 radical (unpaired) electrons. The Balaban J connectivity index is 1.40. The van der Waals surface area contributed by atoms with Crippen LogP contribution in [0.25, 0.3) is 10.9 Å². The fourth-order valence-electron chi connectivity index (χ4n) is 4.92. The van der Waals surface area contributed by atoms with Crippen LogP contribution in [0.4, 0.5) is 4.39 Å². The fourth-order valence-corrected chi connectivity index (χ4v) is 6.42. The number of aromatic nitrogens is 1. The number of hydrogen-bond acceptors (Lipinski definition) is 6. The summed E-state index contributed by atoms with van der Waals surface area (Å²) >= 11 is 14.2. The predicted molar refractivity (Wildman–Crippen MR) is 147 cm³/mol. The van der Waals surface area contributed by atoms with Crippen LogP contribution < -0.4 is 10.2 Å². The summed E-state index contributed by atoms with van der Waals surface area (Å²) in [6.07, 6.45) is 1.50. The van der Waals surface area contributed by atoms with Crippen molar-refractivity contribution >= 4 is 51.8 Å². The predicted octanol–water partition coefficient (Wildman–Crippen LogP) is 6.72. The van der Waals surface area contributed by atoms with Crippen LogP contribution in [0.1, 0.15) is 37.4 Å². The number of hydrogen-bond donors (Lipinski definition) is 2. The number of pyridine rings is 1. The van der Waals surface area contributed by atoms with E-state index in [1.807, 2.05) is 29.7 Å². The maximum atomic E-state index is 15.7. The first-order valence-corrected chi connectivity index (χ1v) is 13.9. The van der Waals surface area contributed by atoms with E-state index in [1.165, 1.54) is 6.20 Å². The summed E-state index contributed by atoms with van der Waals surface area (Å²) in [6.45, 7) is 2.24. The molecule has 4 rings (SSSR count). The molecule has 2 N–H and O–H groups in total. The van der Waals surface area contributed by atoms with Gasteiger partial charge >= 0.3 is 0 Å². The van der Waals surface area contributed by atoms with Crippen molar-refractivity contribution in [1.82, 2.24) is 15.4 Å². The lowest BCUT2D eigenvalue weighted by Gasteiger charge is -2.40. The van der Waals surface area contributed by atoms with Crippen molar-refractivity contribution in [2.75, 3.05) is 32.5 Å². The van der Waals surface area contributed by atoms with Gasteiger partial charge in [-0.15, -0.1) is 11.8 Å². The van der Waals surface area contributed by atoms with Crippen molar-refractivity contribution < 1.29 is 19.1 Å². The van der Waals surface area contributed by atoms with Gasteiger partial charge in [0.05, 0.1) is 23.1 Å². The van der Waals surface area contributed by atoms with E-state index in [2.05, 4.69) is 9.88 Å². The number of carbonyl (C=O) groups excluding carboxylic acids is 1. The standard InChI is InChI=1S/C27H30Cl2FN3O3S/c1-36-19-5-6-24-21(16-19)25(22(29)17-31-24)23(30)7-8-27(26(34)32-35)9-11-33(12-10-27)13-14-37-20-4-2-3-18(28)15-20/h2-6,15-17,23,35H,7-14H2,1H3,(H,32,34)/t23-/m1/s1. The van der Waals surface area contributed by atoms with Crippen LogP contribution in [0.3, 0.4) is 0 Å². The van der Waals surface area contributed by atoms with Gasteiger partial charge in [-0.25, -0.2) is 9.87 Å². The fraction of sp³-hybridized carbons (Fsp3) is 0.407. The van der Waals surface area contributed by atoms with Crippen molar-refractivity contribution in [2.24, 2.45) is 5.41 Å². The molecule has 1 aromatic heterocycles. The molecule has 1 atom stereocenters. The number of amides is 1. The van der Waals surface area contributed by atoms with Gasteiger partial charge in [-0.3, -0.25) is 15.0 Å². The second-order valence-corrected chi connectivity index (χ2v) is 11.3. The number of hydroxylamine groups is 1. The van der Waals surface area contributed by atoms with Crippen molar-refractivity contribution in [3.8, 4) is 5.75 Å². The molecule has 2 heterocycles. The number of alkyl halides is 1. The molecule has 1 saturated heterocycles. The minimum Gasteiger partial charge on any atom is -0.497 e. The molecule has 1 aliphatic heterocycles. The quantitative estimate of drug-likeness (QED) is 0.161. The van der Waals surface area contributed by atoms with Crippen molar-refractivity contribution in [3.63, 3.8) is 0 Å². The molecule has 0 spiro atoms. The van der Waals surface area contributed by atoms with Crippen LogP contribution in [0, 0.1) is 5.41 Å². The molecule has 1 aliphatic rings. The number of benzene rings is 2. The van der Waals surface area contributed by atoms with E-state index in [0.717, 1.165) is 17.2 Å². The number of nitrogens with one attached hydrogen (secondary N) is 1. The lowest BCUT2D eigenvalue weighted by atomic mass is 9.73. The first kappa shape index (κ1) is 27.9. The summed E-state index contributed by atoms with van der Waals surface area (Å²) in [5.74, 6) is 1.02. The largest absolute Gasteiger partial charge is 0.497 e. The van der Waals surface area contributed by atoms with Crippen LogP contribution in [0.15, 0.2) is 53.6 Å². The maximum absolute atomic E-state index is 15.7. The number of carbonyl (C=O) groups is 1. The molecule has 37 heavy (non-hydrogen) atoms. The Labute approximate surface area is 230 Å². The topological polar surface area (TPSA) is 74.7 Å². The SMILES string of the molecule is COc1ccc2ncc(Cl)c([C@H](F)CCC3(C(=O)NO)CCN(CCSc4cccc(Cl)c4)CC3)c2c1. The number of methoxy groups -OCH3 is 1. The highest BCUT2D eigenvalue weighted by atomic mass is 35.5. The highest BCUT2D eigenvalue weighted by molar-refractivity contribution is 7.99. The Morgan fingerprint density at radius 2 is 2.05 bits per heavy atom. The lowest BCUT2D eigenvalue weighted by Crippen LogP contribution is -2.48. The van der Waals surface area contributed by atoms with Gasteiger partial charge in [0.15, 0.2) is 0 Å². The van der Waals surface area contributed by atoms with E-state index in [4.69, 9.17) is 27.9 Å². The summed E-state index contributed by atoms with van der Waals surface area (Å²) in [7, 11) is 1.55. The van der Waals surface area contributed by atoms with E-state index in [0.29, 0.717) is 53.2 Å². The number of nitrogens with zero attached hydrogens (tertiary/aromatic N) is 2. The summed E-state index contributed by atoms with van der Waals surface area (Å²) in [4.78, 5) is 20.5. The van der Waals surface area contributed by atoms with E-state index in [1.54, 1.807) is 37.1 Å². The number of piperidine rings is 1. The summed E-state index contributed by atoms with van der Waals surface area (Å²) in [6, 6.07) is 13.0. The van der Waals surface area contributed by atoms with Crippen LogP contribution in [0.2, 0.25) is 10.0 Å². The number of thioether (sulfide) groups is 1. The third-order valence-electron chi connectivity index (χ3n) is 7.13. The Bertz CT molecular complexity index is 1240. The first-order valence-electron chi connectivity index (χ1n) is 12.2. The van der Waals surface area contributed by atoms with Crippen LogP contribution in [-0.4, -0.2) is 53.5 Å². The summed E-state index contributed by atoms with van der Waals surface area (Å²) in [5.41, 5.74) is 1.95. The number of fused-ring (bicyclic) bond motifs is 1. The number of likely N-dealkylation sites (tertiary alicyclic amines) is 1. The highest BCUT2D eigenvalue weighted by Gasteiger charge is 2.41. The van der Waals surface area contributed by atoms with Gasteiger partial charge in [-0.05, 0) is 75.2 Å². The average Bonchev–Trinajstić information content (AvgIpc) is 2.91. The Morgan fingerprint density at radius 3 is 2.76 bits per heavy atom. The second kappa shape index (κ2) is 12.6.